The number of carbonyl (C=O) groups excluding carboxylic acids is 4. The van der Waals surface area contributed by atoms with Crippen LogP contribution < -0.4 is 5.32 Å². The van der Waals surface area contributed by atoms with Crippen LogP contribution in [0.5, 0.6) is 0 Å². The van der Waals surface area contributed by atoms with E-state index in [4.69, 9.17) is 14.2 Å². The Labute approximate surface area is 196 Å². The maximum absolute atomic E-state index is 13.0. The highest BCUT2D eigenvalue weighted by Crippen LogP contribution is 2.38. The zero-order valence-corrected chi connectivity index (χ0v) is 20.9. The minimum Gasteiger partial charge on any atom is -0.461 e. The predicted molar refractivity (Wildman–Crippen MR) is 121 cm³/mol. The van der Waals surface area contributed by atoms with E-state index in [0.29, 0.717) is 38.7 Å². The van der Waals surface area contributed by atoms with Crippen molar-refractivity contribution in [3.05, 3.63) is 0 Å². The first kappa shape index (κ1) is 26.9. The average molecular weight is 469 g/mol. The molecule has 1 saturated heterocycles. The highest BCUT2D eigenvalue weighted by Gasteiger charge is 2.42. The van der Waals surface area contributed by atoms with Crippen molar-refractivity contribution >= 4 is 24.4 Å². The first-order chi connectivity index (χ1) is 15.3. The number of likely N-dealkylation sites (tertiary alicyclic amines) is 1. The molecule has 1 heterocycles. The molecule has 0 aromatic rings. The fourth-order valence-electron chi connectivity index (χ4n) is 4.48. The number of nitrogens with zero attached hydrogens (tertiary/aromatic N) is 1. The summed E-state index contributed by atoms with van der Waals surface area (Å²) >= 11 is 0. The first-order valence-electron chi connectivity index (χ1n) is 11.9. The van der Waals surface area contributed by atoms with E-state index in [-0.39, 0.29) is 18.9 Å². The van der Waals surface area contributed by atoms with Crippen LogP contribution in [-0.4, -0.2) is 65.3 Å². The normalized spacial score (nSPS) is 21.3. The molecule has 2 aliphatic rings. The molecule has 0 spiro atoms. The number of amides is 2. The van der Waals surface area contributed by atoms with Gasteiger partial charge in [0.05, 0.1) is 5.92 Å². The van der Waals surface area contributed by atoms with E-state index in [0.717, 1.165) is 12.8 Å². The second kappa shape index (κ2) is 10.7. The summed E-state index contributed by atoms with van der Waals surface area (Å²) in [6, 6.07) is -0.647. The zero-order valence-electron chi connectivity index (χ0n) is 20.9. The number of hydrogen-bond acceptors (Lipinski definition) is 7. The summed E-state index contributed by atoms with van der Waals surface area (Å²) < 4.78 is 16.5. The Balaban J connectivity index is 2.09. The van der Waals surface area contributed by atoms with Crippen molar-refractivity contribution in [2.45, 2.75) is 109 Å². The van der Waals surface area contributed by atoms with Crippen LogP contribution in [0.1, 0.15) is 86.5 Å². The molecule has 1 unspecified atom stereocenters. The maximum Gasteiger partial charge on any atom is 0.410 e. The van der Waals surface area contributed by atoms with Gasteiger partial charge in [-0.3, -0.25) is 19.3 Å². The number of hydrogen-bond donors (Lipinski definition) is 1. The van der Waals surface area contributed by atoms with E-state index in [1.165, 1.54) is 4.90 Å². The molecule has 0 aromatic heterocycles. The molecule has 2 atom stereocenters. The van der Waals surface area contributed by atoms with Crippen molar-refractivity contribution in [2.24, 2.45) is 5.92 Å². The van der Waals surface area contributed by atoms with Gasteiger partial charge in [0.15, 0.2) is 0 Å². The molecule has 0 bridgehead atoms. The molecule has 1 saturated carbocycles. The third kappa shape index (κ3) is 8.19. The Morgan fingerprint density at radius 2 is 1.64 bits per heavy atom. The molecule has 0 aromatic carbocycles. The van der Waals surface area contributed by atoms with Crippen molar-refractivity contribution in [2.75, 3.05) is 13.1 Å². The molecule has 1 N–H and O–H groups in total. The summed E-state index contributed by atoms with van der Waals surface area (Å²) in [5.41, 5.74) is -2.06. The van der Waals surface area contributed by atoms with Crippen LogP contribution in [0, 0.1) is 5.92 Å². The fraction of sp³-hybridized carbons (Fsp3) is 0.833. The first-order valence-corrected chi connectivity index (χ1v) is 11.9. The van der Waals surface area contributed by atoms with Gasteiger partial charge in [-0.1, -0.05) is 0 Å². The van der Waals surface area contributed by atoms with Crippen molar-refractivity contribution in [1.82, 2.24) is 10.2 Å². The lowest BCUT2D eigenvalue weighted by atomic mass is 9.88. The topological polar surface area (TPSA) is 111 Å². The molecule has 33 heavy (non-hydrogen) atoms. The number of ether oxygens (including phenoxy) is 3. The molecular formula is C24H40N2O7. The van der Waals surface area contributed by atoms with E-state index < -0.39 is 40.8 Å². The second-order valence-electron chi connectivity index (χ2n) is 11.1. The summed E-state index contributed by atoms with van der Waals surface area (Å²) in [6.45, 7) is 11.6. The number of esters is 1. The molecule has 9 heteroatoms. The Kier molecular flexibility index (Phi) is 8.76. The summed E-state index contributed by atoms with van der Waals surface area (Å²) in [5.74, 6) is -1.45. The zero-order chi connectivity index (χ0) is 24.9. The van der Waals surface area contributed by atoms with Gasteiger partial charge < -0.3 is 19.5 Å². The SMILES string of the molecule is CC(C)(C)OC(=O)C(CNC(=O)[C@@H]1CCCN1C(=O)OC(C)(C)C)CC1(OC=O)CCCC1. The Morgan fingerprint density at radius 3 is 2.18 bits per heavy atom. The smallest absolute Gasteiger partial charge is 0.410 e. The van der Waals surface area contributed by atoms with Crippen molar-refractivity contribution in [1.29, 1.82) is 0 Å². The lowest BCUT2D eigenvalue weighted by molar-refractivity contribution is -0.165. The van der Waals surface area contributed by atoms with Gasteiger partial charge >= 0.3 is 12.1 Å². The average Bonchev–Trinajstić information content (AvgIpc) is 3.32. The van der Waals surface area contributed by atoms with Gasteiger partial charge in [0.2, 0.25) is 5.91 Å². The van der Waals surface area contributed by atoms with Crippen LogP contribution >= 0.6 is 0 Å². The Hall–Kier alpha value is -2.32. The summed E-state index contributed by atoms with van der Waals surface area (Å²) in [6.07, 6.45) is 4.16. The van der Waals surface area contributed by atoms with E-state index >= 15 is 0 Å². The minimum absolute atomic E-state index is 0.0381. The van der Waals surface area contributed by atoms with E-state index in [1.807, 2.05) is 0 Å². The molecule has 1 aliphatic carbocycles. The van der Waals surface area contributed by atoms with E-state index in [2.05, 4.69) is 5.32 Å². The lowest BCUT2D eigenvalue weighted by Crippen LogP contribution is -2.49. The predicted octanol–water partition coefficient (Wildman–Crippen LogP) is 3.34. The van der Waals surface area contributed by atoms with E-state index in [9.17, 15) is 19.2 Å². The number of carbonyl (C=O) groups is 4. The maximum atomic E-state index is 13.0. The molecule has 0 radical (unpaired) electrons. The third-order valence-electron chi connectivity index (χ3n) is 5.88. The number of nitrogens with one attached hydrogen (secondary N) is 1. The number of rotatable bonds is 8. The fourth-order valence-corrected chi connectivity index (χ4v) is 4.48. The Bertz CT molecular complexity index is 717. The van der Waals surface area contributed by atoms with Crippen molar-refractivity contribution < 1.29 is 33.4 Å². The summed E-state index contributed by atoms with van der Waals surface area (Å²) in [5, 5.41) is 2.84. The summed E-state index contributed by atoms with van der Waals surface area (Å²) in [4.78, 5) is 51.0. The Morgan fingerprint density at radius 1 is 1.03 bits per heavy atom. The molecule has 2 amide bonds. The van der Waals surface area contributed by atoms with Gasteiger partial charge in [0.25, 0.3) is 6.47 Å². The third-order valence-corrected chi connectivity index (χ3v) is 5.88. The van der Waals surface area contributed by atoms with Crippen LogP contribution in [0.3, 0.4) is 0 Å². The lowest BCUT2D eigenvalue weighted by Gasteiger charge is -2.32. The minimum atomic E-state index is -0.718. The second-order valence-corrected chi connectivity index (χ2v) is 11.1. The van der Waals surface area contributed by atoms with Gasteiger partial charge in [-0.05, 0) is 80.1 Å². The highest BCUT2D eigenvalue weighted by molar-refractivity contribution is 5.86. The quantitative estimate of drug-likeness (QED) is 0.330. The van der Waals surface area contributed by atoms with Crippen LogP contribution in [0.15, 0.2) is 0 Å². The molecule has 188 valence electrons. The monoisotopic (exact) mass is 468 g/mol. The molecule has 2 rings (SSSR count). The highest BCUT2D eigenvalue weighted by atomic mass is 16.6. The van der Waals surface area contributed by atoms with Crippen molar-refractivity contribution in [3.8, 4) is 0 Å². The largest absolute Gasteiger partial charge is 0.461 e. The van der Waals surface area contributed by atoms with Crippen LogP contribution in [-0.2, 0) is 28.6 Å². The van der Waals surface area contributed by atoms with Crippen molar-refractivity contribution in [3.63, 3.8) is 0 Å². The molecule has 1 aliphatic heterocycles. The van der Waals surface area contributed by atoms with Gasteiger partial charge in [-0.15, -0.1) is 0 Å². The van der Waals surface area contributed by atoms with Gasteiger partial charge in [0, 0.05) is 19.5 Å². The van der Waals surface area contributed by atoms with Gasteiger partial charge in [-0.25, -0.2) is 4.79 Å². The van der Waals surface area contributed by atoms with Gasteiger partial charge in [0.1, 0.15) is 22.8 Å². The standard InChI is InChI=1S/C24H40N2O7/c1-22(2,3)32-20(29)17(14-24(31-16-27)11-7-8-12-24)15-25-19(28)18-10-9-13-26(18)21(30)33-23(4,5)6/h16-18H,7-15H2,1-6H3,(H,25,28)/t17?,18-/m0/s1. The molecule has 9 nitrogen and oxygen atoms in total. The molecule has 2 fully saturated rings. The molecular weight excluding hydrogens is 428 g/mol. The van der Waals surface area contributed by atoms with E-state index in [1.54, 1.807) is 41.5 Å². The van der Waals surface area contributed by atoms with Crippen LogP contribution in [0.4, 0.5) is 4.79 Å². The van der Waals surface area contributed by atoms with Crippen LogP contribution in [0.25, 0.3) is 0 Å². The van der Waals surface area contributed by atoms with Gasteiger partial charge in [-0.2, -0.15) is 0 Å². The summed E-state index contributed by atoms with van der Waals surface area (Å²) in [7, 11) is 0. The van der Waals surface area contributed by atoms with Crippen LogP contribution in [0.2, 0.25) is 0 Å².